The molecule has 0 amide bonds. The summed E-state index contributed by atoms with van der Waals surface area (Å²) in [7, 11) is 1.57. The smallest absolute Gasteiger partial charge is 0.317 e. The van der Waals surface area contributed by atoms with E-state index in [1.54, 1.807) is 31.1 Å². The van der Waals surface area contributed by atoms with E-state index in [-0.39, 0.29) is 12.4 Å². The molecule has 0 heterocycles. The Morgan fingerprint density at radius 3 is 2.78 bits per heavy atom. The average molecular weight is 255 g/mol. The number of carboxylic acids is 1. The first-order valence-corrected chi connectivity index (χ1v) is 5.71. The summed E-state index contributed by atoms with van der Waals surface area (Å²) in [6.07, 6.45) is 0. The van der Waals surface area contributed by atoms with E-state index in [4.69, 9.17) is 9.84 Å². The first kappa shape index (κ1) is 14.6. The van der Waals surface area contributed by atoms with Gasteiger partial charge in [0.05, 0.1) is 13.2 Å². The molecule has 5 heteroatoms. The highest BCUT2D eigenvalue weighted by Crippen LogP contribution is 2.11. The van der Waals surface area contributed by atoms with Crippen LogP contribution in [0.4, 0.5) is 4.39 Å². The summed E-state index contributed by atoms with van der Waals surface area (Å²) >= 11 is 0. The van der Waals surface area contributed by atoms with Crippen molar-refractivity contribution >= 4 is 5.97 Å². The van der Waals surface area contributed by atoms with Crippen molar-refractivity contribution in [3.05, 3.63) is 35.1 Å². The number of halogens is 1. The van der Waals surface area contributed by atoms with E-state index in [2.05, 4.69) is 0 Å². The lowest BCUT2D eigenvalue weighted by atomic mass is 10.1. The molecular weight excluding hydrogens is 237 g/mol. The minimum Gasteiger partial charge on any atom is -0.480 e. The Morgan fingerprint density at radius 1 is 1.50 bits per heavy atom. The van der Waals surface area contributed by atoms with E-state index in [9.17, 15) is 9.18 Å². The minimum absolute atomic E-state index is 0.0558. The largest absolute Gasteiger partial charge is 0.480 e. The monoisotopic (exact) mass is 255 g/mol. The zero-order chi connectivity index (χ0) is 13.5. The standard InChI is InChI=1S/C13H18FNO3/c1-10-7-11(3-4-12(10)14)8-15(5-6-18-2)9-13(16)17/h3-4,7H,5-6,8-9H2,1-2H3,(H,16,17). The lowest BCUT2D eigenvalue weighted by Crippen LogP contribution is -2.32. The van der Waals surface area contributed by atoms with Gasteiger partial charge in [-0.05, 0) is 24.1 Å². The number of ether oxygens (including phenoxy) is 1. The molecule has 4 nitrogen and oxygen atoms in total. The van der Waals surface area contributed by atoms with Crippen molar-refractivity contribution in [1.82, 2.24) is 4.90 Å². The molecule has 0 atom stereocenters. The molecule has 18 heavy (non-hydrogen) atoms. The third-order valence-electron chi connectivity index (χ3n) is 2.60. The maximum atomic E-state index is 13.1. The maximum Gasteiger partial charge on any atom is 0.317 e. The van der Waals surface area contributed by atoms with Gasteiger partial charge in [-0.1, -0.05) is 12.1 Å². The van der Waals surface area contributed by atoms with Gasteiger partial charge in [0.15, 0.2) is 0 Å². The quantitative estimate of drug-likeness (QED) is 0.805. The fourth-order valence-electron chi connectivity index (χ4n) is 1.69. The summed E-state index contributed by atoms with van der Waals surface area (Å²) in [5, 5.41) is 8.82. The second kappa shape index (κ2) is 7.08. The molecule has 0 aliphatic heterocycles. The van der Waals surface area contributed by atoms with Gasteiger partial charge in [-0.2, -0.15) is 0 Å². The second-order valence-electron chi connectivity index (χ2n) is 4.18. The number of aliphatic carboxylic acids is 1. The van der Waals surface area contributed by atoms with E-state index in [0.29, 0.717) is 25.3 Å². The third kappa shape index (κ3) is 4.81. The highest BCUT2D eigenvalue weighted by molar-refractivity contribution is 5.69. The molecule has 0 aromatic heterocycles. The summed E-state index contributed by atoms with van der Waals surface area (Å²) in [4.78, 5) is 12.5. The number of carbonyl (C=O) groups is 1. The zero-order valence-electron chi connectivity index (χ0n) is 10.6. The number of methoxy groups -OCH3 is 1. The van der Waals surface area contributed by atoms with Crippen LogP contribution >= 0.6 is 0 Å². The number of benzene rings is 1. The molecule has 0 radical (unpaired) electrons. The first-order chi connectivity index (χ1) is 8.52. The van der Waals surface area contributed by atoms with Crippen LogP contribution in [0.15, 0.2) is 18.2 Å². The molecule has 0 saturated carbocycles. The summed E-state index contributed by atoms with van der Waals surface area (Å²) in [5.41, 5.74) is 1.46. The Morgan fingerprint density at radius 2 is 2.22 bits per heavy atom. The van der Waals surface area contributed by atoms with E-state index in [0.717, 1.165) is 5.56 Å². The molecule has 0 spiro atoms. The molecule has 0 aliphatic rings. The predicted octanol–water partition coefficient (Wildman–Crippen LogP) is 1.67. The van der Waals surface area contributed by atoms with Gasteiger partial charge in [-0.3, -0.25) is 9.69 Å². The van der Waals surface area contributed by atoms with E-state index in [1.165, 1.54) is 6.07 Å². The Bertz CT molecular complexity index is 409. The highest BCUT2D eigenvalue weighted by atomic mass is 19.1. The van der Waals surface area contributed by atoms with Gasteiger partial charge < -0.3 is 9.84 Å². The Balaban J connectivity index is 2.68. The average Bonchev–Trinajstić information content (AvgIpc) is 2.30. The Labute approximate surface area is 106 Å². The molecule has 0 aliphatic carbocycles. The van der Waals surface area contributed by atoms with E-state index in [1.807, 2.05) is 0 Å². The second-order valence-corrected chi connectivity index (χ2v) is 4.18. The van der Waals surface area contributed by atoms with Crippen LogP contribution in [0.1, 0.15) is 11.1 Å². The molecular formula is C13H18FNO3. The molecule has 0 bridgehead atoms. The van der Waals surface area contributed by atoms with E-state index >= 15 is 0 Å². The Kier molecular flexibility index (Phi) is 5.74. The van der Waals surface area contributed by atoms with Gasteiger partial charge in [-0.25, -0.2) is 4.39 Å². The van der Waals surface area contributed by atoms with Crippen molar-refractivity contribution in [2.24, 2.45) is 0 Å². The summed E-state index contributed by atoms with van der Waals surface area (Å²) in [6.45, 7) is 3.10. The normalized spacial score (nSPS) is 10.9. The number of carboxylic acid groups (broad SMARTS) is 1. The van der Waals surface area contributed by atoms with Crippen molar-refractivity contribution in [2.45, 2.75) is 13.5 Å². The lowest BCUT2D eigenvalue weighted by Gasteiger charge is -2.20. The van der Waals surface area contributed by atoms with Crippen LogP contribution in [0.2, 0.25) is 0 Å². The van der Waals surface area contributed by atoms with Gasteiger partial charge in [0.1, 0.15) is 5.82 Å². The lowest BCUT2D eigenvalue weighted by molar-refractivity contribution is -0.138. The van der Waals surface area contributed by atoms with Gasteiger partial charge in [0.2, 0.25) is 0 Å². The molecule has 1 aromatic carbocycles. The number of hydrogen-bond donors (Lipinski definition) is 1. The van der Waals surface area contributed by atoms with Crippen LogP contribution in [0, 0.1) is 12.7 Å². The fourth-order valence-corrected chi connectivity index (χ4v) is 1.69. The van der Waals surface area contributed by atoms with Crippen LogP contribution < -0.4 is 0 Å². The third-order valence-corrected chi connectivity index (χ3v) is 2.60. The first-order valence-electron chi connectivity index (χ1n) is 5.71. The molecule has 0 unspecified atom stereocenters. The van der Waals surface area contributed by atoms with Crippen LogP contribution in [-0.4, -0.2) is 42.8 Å². The van der Waals surface area contributed by atoms with Crippen molar-refractivity contribution in [3.63, 3.8) is 0 Å². The van der Waals surface area contributed by atoms with Gasteiger partial charge >= 0.3 is 5.97 Å². The van der Waals surface area contributed by atoms with Crippen molar-refractivity contribution in [3.8, 4) is 0 Å². The fraction of sp³-hybridized carbons (Fsp3) is 0.462. The molecule has 1 N–H and O–H groups in total. The Hall–Kier alpha value is -1.46. The topological polar surface area (TPSA) is 49.8 Å². The molecule has 0 fully saturated rings. The van der Waals surface area contributed by atoms with Crippen molar-refractivity contribution in [2.75, 3.05) is 26.8 Å². The van der Waals surface area contributed by atoms with Crippen LogP contribution in [0.25, 0.3) is 0 Å². The number of aryl methyl sites for hydroxylation is 1. The minimum atomic E-state index is -0.884. The summed E-state index contributed by atoms with van der Waals surface area (Å²) in [5.74, 6) is -1.13. The van der Waals surface area contributed by atoms with Crippen molar-refractivity contribution in [1.29, 1.82) is 0 Å². The number of rotatable bonds is 7. The maximum absolute atomic E-state index is 13.1. The van der Waals surface area contributed by atoms with Crippen LogP contribution in [0.5, 0.6) is 0 Å². The number of nitrogens with zero attached hydrogens (tertiary/aromatic N) is 1. The van der Waals surface area contributed by atoms with Gasteiger partial charge in [0, 0.05) is 20.2 Å². The van der Waals surface area contributed by atoms with Gasteiger partial charge in [0.25, 0.3) is 0 Å². The molecule has 100 valence electrons. The van der Waals surface area contributed by atoms with Crippen LogP contribution in [-0.2, 0) is 16.1 Å². The highest BCUT2D eigenvalue weighted by Gasteiger charge is 2.10. The zero-order valence-corrected chi connectivity index (χ0v) is 10.6. The SMILES string of the molecule is COCCN(CC(=O)O)Cc1ccc(F)c(C)c1. The van der Waals surface area contributed by atoms with E-state index < -0.39 is 5.97 Å². The number of hydrogen-bond acceptors (Lipinski definition) is 3. The molecule has 0 saturated heterocycles. The summed E-state index contributed by atoms with van der Waals surface area (Å²) in [6, 6.07) is 4.81. The van der Waals surface area contributed by atoms with Gasteiger partial charge in [-0.15, -0.1) is 0 Å². The molecule has 1 aromatic rings. The molecule has 1 rings (SSSR count). The predicted molar refractivity (Wildman–Crippen MR) is 65.9 cm³/mol. The van der Waals surface area contributed by atoms with Crippen molar-refractivity contribution < 1.29 is 19.0 Å². The summed E-state index contributed by atoms with van der Waals surface area (Å²) < 4.78 is 18.1. The van der Waals surface area contributed by atoms with Crippen LogP contribution in [0.3, 0.4) is 0 Å².